The summed E-state index contributed by atoms with van der Waals surface area (Å²) >= 11 is 0. The second-order valence-electron chi connectivity index (χ2n) is 4.59. The Labute approximate surface area is 97.8 Å². The maximum absolute atomic E-state index is 5.66. The first-order valence-corrected chi connectivity index (χ1v) is 5.96. The van der Waals surface area contributed by atoms with Crippen LogP contribution in [0.15, 0.2) is 35.9 Å². The van der Waals surface area contributed by atoms with Gasteiger partial charge in [0, 0.05) is 25.3 Å². The Morgan fingerprint density at radius 1 is 1.25 bits per heavy atom. The lowest BCUT2D eigenvalue weighted by molar-refractivity contribution is 0.298. The molecule has 1 aromatic rings. The van der Waals surface area contributed by atoms with Gasteiger partial charge in [-0.1, -0.05) is 23.8 Å². The van der Waals surface area contributed by atoms with Crippen LogP contribution in [-0.4, -0.2) is 24.5 Å². The number of rotatable bonds is 3. The zero-order valence-electron chi connectivity index (χ0n) is 9.95. The molecule has 0 unspecified atom stereocenters. The van der Waals surface area contributed by atoms with Gasteiger partial charge in [0.2, 0.25) is 0 Å². The van der Waals surface area contributed by atoms with Gasteiger partial charge in [-0.15, -0.1) is 0 Å². The second-order valence-corrected chi connectivity index (χ2v) is 4.59. The molecule has 0 saturated heterocycles. The molecule has 0 radical (unpaired) electrons. The second kappa shape index (κ2) is 5.17. The van der Waals surface area contributed by atoms with Gasteiger partial charge in [-0.2, -0.15) is 0 Å². The zero-order chi connectivity index (χ0) is 11.4. The third-order valence-electron chi connectivity index (χ3n) is 3.22. The van der Waals surface area contributed by atoms with Crippen LogP contribution in [-0.2, 0) is 6.42 Å². The van der Waals surface area contributed by atoms with Crippen LogP contribution in [0.2, 0.25) is 0 Å². The molecule has 0 amide bonds. The van der Waals surface area contributed by atoms with Crippen LogP contribution in [0.3, 0.4) is 0 Å². The molecular formula is C14H20N2. The van der Waals surface area contributed by atoms with E-state index in [1.165, 1.54) is 24.1 Å². The molecule has 0 fully saturated rings. The molecule has 2 heteroatoms. The third kappa shape index (κ3) is 3.11. The monoisotopic (exact) mass is 216 g/mol. The van der Waals surface area contributed by atoms with Crippen LogP contribution in [0.1, 0.15) is 18.9 Å². The van der Waals surface area contributed by atoms with Crippen molar-refractivity contribution in [2.24, 2.45) is 0 Å². The van der Waals surface area contributed by atoms with Crippen molar-refractivity contribution in [3.8, 4) is 0 Å². The van der Waals surface area contributed by atoms with Crippen molar-refractivity contribution >= 4 is 5.69 Å². The maximum Gasteiger partial charge on any atom is 0.0314 e. The Kier molecular flexibility index (Phi) is 3.62. The number of hydrogen-bond acceptors (Lipinski definition) is 2. The molecule has 86 valence electrons. The fourth-order valence-corrected chi connectivity index (χ4v) is 1.99. The van der Waals surface area contributed by atoms with E-state index in [1.54, 1.807) is 0 Å². The van der Waals surface area contributed by atoms with Crippen LogP contribution >= 0.6 is 0 Å². The number of benzene rings is 1. The van der Waals surface area contributed by atoms with Gasteiger partial charge >= 0.3 is 0 Å². The molecule has 2 rings (SSSR count). The van der Waals surface area contributed by atoms with Crippen molar-refractivity contribution in [1.29, 1.82) is 0 Å². The smallest absolute Gasteiger partial charge is 0.0314 e. The number of nitrogen functional groups attached to an aromatic ring is 1. The van der Waals surface area contributed by atoms with E-state index in [4.69, 9.17) is 5.73 Å². The molecule has 1 aromatic carbocycles. The number of hydrogen-bond donors (Lipinski definition) is 1. The van der Waals surface area contributed by atoms with Gasteiger partial charge in [-0.3, -0.25) is 4.90 Å². The molecule has 0 saturated carbocycles. The van der Waals surface area contributed by atoms with E-state index in [0.717, 1.165) is 25.2 Å². The van der Waals surface area contributed by atoms with Crippen LogP contribution in [0.25, 0.3) is 0 Å². The summed E-state index contributed by atoms with van der Waals surface area (Å²) in [7, 11) is 0. The number of nitrogens with zero attached hydrogens (tertiary/aromatic N) is 1. The van der Waals surface area contributed by atoms with Crippen molar-refractivity contribution in [3.05, 3.63) is 41.5 Å². The molecule has 16 heavy (non-hydrogen) atoms. The van der Waals surface area contributed by atoms with Crippen molar-refractivity contribution < 1.29 is 0 Å². The molecule has 2 nitrogen and oxygen atoms in total. The van der Waals surface area contributed by atoms with Crippen LogP contribution in [0, 0.1) is 0 Å². The summed E-state index contributed by atoms with van der Waals surface area (Å²) < 4.78 is 0. The van der Waals surface area contributed by atoms with Gasteiger partial charge in [0.15, 0.2) is 0 Å². The molecule has 0 atom stereocenters. The quantitative estimate of drug-likeness (QED) is 0.621. The summed E-state index contributed by atoms with van der Waals surface area (Å²) in [5.74, 6) is 0. The molecule has 1 aliphatic rings. The van der Waals surface area contributed by atoms with E-state index in [0.29, 0.717) is 0 Å². The summed E-state index contributed by atoms with van der Waals surface area (Å²) in [6.45, 7) is 5.68. The minimum Gasteiger partial charge on any atom is -0.399 e. The Morgan fingerprint density at radius 3 is 2.62 bits per heavy atom. The predicted octanol–water partition coefficient (Wildman–Crippen LogP) is 2.46. The molecule has 1 aliphatic heterocycles. The first-order valence-electron chi connectivity index (χ1n) is 5.96. The van der Waals surface area contributed by atoms with Crippen molar-refractivity contribution in [2.75, 3.05) is 25.4 Å². The van der Waals surface area contributed by atoms with E-state index in [2.05, 4.69) is 30.0 Å². The average Bonchev–Trinajstić information content (AvgIpc) is 2.30. The Morgan fingerprint density at radius 2 is 2.00 bits per heavy atom. The summed E-state index contributed by atoms with van der Waals surface area (Å²) in [4.78, 5) is 2.50. The normalized spacial score (nSPS) is 17.2. The molecular weight excluding hydrogens is 196 g/mol. The lowest BCUT2D eigenvalue weighted by Gasteiger charge is -2.25. The van der Waals surface area contributed by atoms with E-state index in [9.17, 15) is 0 Å². The van der Waals surface area contributed by atoms with Crippen LogP contribution < -0.4 is 5.73 Å². The van der Waals surface area contributed by atoms with Gasteiger partial charge in [-0.25, -0.2) is 0 Å². The van der Waals surface area contributed by atoms with Crippen molar-refractivity contribution in [1.82, 2.24) is 4.90 Å². The lowest BCUT2D eigenvalue weighted by Crippen LogP contribution is -2.30. The van der Waals surface area contributed by atoms with Gasteiger partial charge in [-0.05, 0) is 37.5 Å². The van der Waals surface area contributed by atoms with Gasteiger partial charge in [0.25, 0.3) is 0 Å². The van der Waals surface area contributed by atoms with E-state index >= 15 is 0 Å². The maximum atomic E-state index is 5.66. The lowest BCUT2D eigenvalue weighted by atomic mass is 10.1. The van der Waals surface area contributed by atoms with Gasteiger partial charge in [0.05, 0.1) is 0 Å². The highest BCUT2D eigenvalue weighted by Gasteiger charge is 2.08. The molecule has 0 aliphatic carbocycles. The average molecular weight is 216 g/mol. The predicted molar refractivity (Wildman–Crippen MR) is 69.4 cm³/mol. The van der Waals surface area contributed by atoms with Gasteiger partial charge < -0.3 is 5.73 Å². The van der Waals surface area contributed by atoms with E-state index in [1.807, 2.05) is 12.1 Å². The first kappa shape index (κ1) is 11.2. The fourth-order valence-electron chi connectivity index (χ4n) is 1.99. The third-order valence-corrected chi connectivity index (χ3v) is 3.22. The molecule has 1 heterocycles. The van der Waals surface area contributed by atoms with Crippen molar-refractivity contribution in [2.45, 2.75) is 19.8 Å². The summed E-state index contributed by atoms with van der Waals surface area (Å²) in [6.07, 6.45) is 4.68. The number of nitrogens with two attached hydrogens (primary N) is 1. The first-order chi connectivity index (χ1) is 7.74. The fraction of sp³-hybridized carbons (Fsp3) is 0.429. The van der Waals surface area contributed by atoms with Gasteiger partial charge in [0.1, 0.15) is 0 Å². The highest BCUT2D eigenvalue weighted by molar-refractivity contribution is 5.39. The van der Waals surface area contributed by atoms with E-state index in [-0.39, 0.29) is 0 Å². The van der Waals surface area contributed by atoms with Crippen molar-refractivity contribution in [3.63, 3.8) is 0 Å². The zero-order valence-corrected chi connectivity index (χ0v) is 9.95. The standard InChI is InChI=1S/C14H20N2/c1-12-6-9-16(10-7-12)11-8-13-2-4-14(15)5-3-13/h2-6H,7-11,15H2,1H3. The highest BCUT2D eigenvalue weighted by atomic mass is 15.1. The number of anilines is 1. The Bertz CT molecular complexity index is 365. The molecule has 0 bridgehead atoms. The highest BCUT2D eigenvalue weighted by Crippen LogP contribution is 2.11. The summed E-state index contributed by atoms with van der Waals surface area (Å²) in [6, 6.07) is 8.21. The Balaban J connectivity index is 1.81. The molecule has 0 spiro atoms. The summed E-state index contributed by atoms with van der Waals surface area (Å²) in [5.41, 5.74) is 9.42. The minimum atomic E-state index is 0.847. The largest absolute Gasteiger partial charge is 0.399 e. The van der Waals surface area contributed by atoms with Crippen LogP contribution in [0.4, 0.5) is 5.69 Å². The van der Waals surface area contributed by atoms with E-state index < -0.39 is 0 Å². The Hall–Kier alpha value is -1.28. The molecule has 2 N–H and O–H groups in total. The topological polar surface area (TPSA) is 29.3 Å². The van der Waals surface area contributed by atoms with Crippen LogP contribution in [0.5, 0.6) is 0 Å². The minimum absolute atomic E-state index is 0.847. The summed E-state index contributed by atoms with van der Waals surface area (Å²) in [5, 5.41) is 0. The molecule has 0 aromatic heterocycles. The SMILES string of the molecule is CC1=CCN(CCc2ccc(N)cc2)CC1.